The first-order valence-corrected chi connectivity index (χ1v) is 10.1. The van der Waals surface area contributed by atoms with Gasteiger partial charge in [-0.15, -0.1) is 10.2 Å². The third-order valence-electron chi connectivity index (χ3n) is 5.87. The van der Waals surface area contributed by atoms with E-state index in [0.29, 0.717) is 29.7 Å². The van der Waals surface area contributed by atoms with E-state index in [1.165, 1.54) is 6.42 Å². The number of hydrogen-bond acceptors (Lipinski definition) is 4. The van der Waals surface area contributed by atoms with E-state index in [-0.39, 0.29) is 5.91 Å². The van der Waals surface area contributed by atoms with Gasteiger partial charge in [-0.1, -0.05) is 17.7 Å². The Bertz CT molecular complexity index is 1040. The number of halogens is 1. The second kappa shape index (κ2) is 6.90. The molecule has 0 radical (unpaired) electrons. The van der Waals surface area contributed by atoms with Crippen molar-refractivity contribution in [2.75, 3.05) is 26.7 Å². The molecule has 28 heavy (non-hydrogen) atoms. The van der Waals surface area contributed by atoms with Gasteiger partial charge in [-0.2, -0.15) is 0 Å². The number of nitrogens with one attached hydrogen (secondary N) is 1. The molecule has 0 saturated carbocycles. The van der Waals surface area contributed by atoms with Crippen LogP contribution in [0.5, 0.6) is 0 Å². The number of hydrogen-bond donors (Lipinski definition) is 1. The molecular weight excluding hydrogens is 376 g/mol. The maximum atomic E-state index is 13.0. The van der Waals surface area contributed by atoms with Crippen LogP contribution in [0.2, 0.25) is 5.02 Å². The van der Waals surface area contributed by atoms with Gasteiger partial charge in [-0.3, -0.25) is 4.79 Å². The van der Waals surface area contributed by atoms with Crippen LogP contribution in [0.3, 0.4) is 0 Å². The van der Waals surface area contributed by atoms with Crippen molar-refractivity contribution in [2.24, 2.45) is 0 Å². The Kier molecular flexibility index (Phi) is 4.36. The summed E-state index contributed by atoms with van der Waals surface area (Å²) in [6, 6.07) is 7.48. The normalized spacial score (nSPS) is 20.5. The molecule has 2 aliphatic rings. The summed E-state index contributed by atoms with van der Waals surface area (Å²) in [7, 11) is 2.16. The fourth-order valence-electron chi connectivity index (χ4n) is 4.42. The molecule has 1 amide bonds. The minimum atomic E-state index is -0.0134. The topological polar surface area (TPSA) is 70.1 Å². The molecule has 1 N–H and O–H groups in total. The maximum Gasteiger partial charge on any atom is 0.270 e. The van der Waals surface area contributed by atoms with Crippen molar-refractivity contribution < 1.29 is 4.79 Å². The zero-order valence-electron chi connectivity index (χ0n) is 15.9. The number of H-pyrrole nitrogens is 1. The number of likely N-dealkylation sites (tertiary alicyclic amines) is 1. The molecule has 4 heterocycles. The molecule has 1 aromatic carbocycles. The number of benzene rings is 1. The number of aromatic amines is 1. The van der Waals surface area contributed by atoms with Gasteiger partial charge in [-0.25, -0.2) is 0 Å². The third kappa shape index (κ3) is 3.08. The standard InChI is InChI=1S/C20H23ClN6O/c1-25-6-2-3-14(11-25)19-24-23-18-12-26(7-8-27(18)19)20(28)17-9-13-4-5-15(21)10-16(13)22-17/h4-5,9-10,14,22H,2-3,6-8,11-12H2,1H3/t14-/m0/s1. The molecular formula is C20H23ClN6O. The number of aromatic nitrogens is 4. The van der Waals surface area contributed by atoms with E-state index in [4.69, 9.17) is 11.6 Å². The Balaban J connectivity index is 1.36. The van der Waals surface area contributed by atoms with Gasteiger partial charge in [0.05, 0.1) is 6.54 Å². The van der Waals surface area contributed by atoms with E-state index in [1.54, 1.807) is 0 Å². The highest BCUT2D eigenvalue weighted by atomic mass is 35.5. The predicted octanol–water partition coefficient (Wildman–Crippen LogP) is 2.88. The zero-order valence-corrected chi connectivity index (χ0v) is 16.6. The molecule has 0 spiro atoms. The van der Waals surface area contributed by atoms with Crippen molar-refractivity contribution in [3.05, 3.63) is 46.6 Å². The first-order valence-electron chi connectivity index (χ1n) is 9.76. The minimum absolute atomic E-state index is 0.0134. The van der Waals surface area contributed by atoms with Crippen LogP contribution in [-0.4, -0.2) is 62.1 Å². The van der Waals surface area contributed by atoms with Crippen molar-refractivity contribution in [1.82, 2.24) is 29.5 Å². The van der Waals surface area contributed by atoms with Crippen LogP contribution < -0.4 is 0 Å². The van der Waals surface area contributed by atoms with Gasteiger partial charge in [0.15, 0.2) is 5.82 Å². The van der Waals surface area contributed by atoms with Crippen molar-refractivity contribution in [3.63, 3.8) is 0 Å². The van der Waals surface area contributed by atoms with E-state index >= 15 is 0 Å². The summed E-state index contributed by atoms with van der Waals surface area (Å²) in [5, 5.41) is 10.5. The van der Waals surface area contributed by atoms with Crippen LogP contribution in [0.15, 0.2) is 24.3 Å². The van der Waals surface area contributed by atoms with Crippen LogP contribution in [0.1, 0.15) is 40.9 Å². The number of fused-ring (bicyclic) bond motifs is 2. The Hall–Kier alpha value is -2.38. The van der Waals surface area contributed by atoms with Gasteiger partial charge in [-0.05, 0) is 44.6 Å². The molecule has 2 aliphatic heterocycles. The van der Waals surface area contributed by atoms with Crippen LogP contribution in [-0.2, 0) is 13.1 Å². The average molecular weight is 399 g/mol. The second-order valence-corrected chi connectivity index (χ2v) is 8.31. The van der Waals surface area contributed by atoms with Crippen LogP contribution in [0.4, 0.5) is 0 Å². The highest BCUT2D eigenvalue weighted by molar-refractivity contribution is 6.31. The van der Waals surface area contributed by atoms with Gasteiger partial charge in [0, 0.05) is 41.5 Å². The van der Waals surface area contributed by atoms with Crippen LogP contribution in [0.25, 0.3) is 10.9 Å². The molecule has 7 nitrogen and oxygen atoms in total. The number of nitrogens with zero attached hydrogens (tertiary/aromatic N) is 5. The van der Waals surface area contributed by atoms with Gasteiger partial charge in [0.1, 0.15) is 11.5 Å². The molecule has 0 aliphatic carbocycles. The first-order chi connectivity index (χ1) is 13.6. The van der Waals surface area contributed by atoms with Gasteiger partial charge < -0.3 is 19.4 Å². The number of likely N-dealkylation sites (N-methyl/N-ethyl adjacent to an activating group) is 1. The van der Waals surface area contributed by atoms with Gasteiger partial charge >= 0.3 is 0 Å². The highest BCUT2D eigenvalue weighted by Gasteiger charge is 2.30. The summed E-state index contributed by atoms with van der Waals surface area (Å²) in [5.74, 6) is 2.37. The molecule has 1 atom stereocenters. The van der Waals surface area contributed by atoms with Crippen molar-refractivity contribution in [2.45, 2.75) is 31.8 Å². The van der Waals surface area contributed by atoms with Crippen molar-refractivity contribution in [3.8, 4) is 0 Å². The molecule has 5 rings (SSSR count). The molecule has 0 unspecified atom stereocenters. The number of amides is 1. The molecule has 2 aromatic heterocycles. The molecule has 8 heteroatoms. The SMILES string of the molecule is CN1CCC[C@H](c2nnc3n2CCN(C(=O)c2cc4ccc(Cl)cc4[nH]2)C3)C1. The summed E-state index contributed by atoms with van der Waals surface area (Å²) >= 11 is 6.05. The van der Waals surface area contributed by atoms with Crippen LogP contribution >= 0.6 is 11.6 Å². The Morgan fingerprint density at radius 2 is 2.11 bits per heavy atom. The van der Waals surface area contributed by atoms with E-state index in [0.717, 1.165) is 48.6 Å². The van der Waals surface area contributed by atoms with Crippen molar-refractivity contribution in [1.29, 1.82) is 0 Å². The van der Waals surface area contributed by atoms with Crippen LogP contribution in [0, 0.1) is 0 Å². The monoisotopic (exact) mass is 398 g/mol. The molecule has 0 bridgehead atoms. The van der Waals surface area contributed by atoms with E-state index in [1.807, 2.05) is 29.2 Å². The highest BCUT2D eigenvalue weighted by Crippen LogP contribution is 2.27. The summed E-state index contributed by atoms with van der Waals surface area (Å²) in [4.78, 5) is 20.4. The molecule has 3 aromatic rings. The Labute approximate surface area is 168 Å². The van der Waals surface area contributed by atoms with E-state index < -0.39 is 0 Å². The summed E-state index contributed by atoms with van der Waals surface area (Å²) in [6.45, 7) is 4.07. The van der Waals surface area contributed by atoms with E-state index in [9.17, 15) is 4.79 Å². The maximum absolute atomic E-state index is 13.0. The lowest BCUT2D eigenvalue weighted by Gasteiger charge is -2.31. The third-order valence-corrected chi connectivity index (χ3v) is 6.11. The number of carbonyl (C=O) groups excluding carboxylic acids is 1. The number of rotatable bonds is 2. The van der Waals surface area contributed by atoms with E-state index in [2.05, 4.69) is 31.7 Å². The Morgan fingerprint density at radius 3 is 2.96 bits per heavy atom. The fourth-order valence-corrected chi connectivity index (χ4v) is 4.59. The quantitative estimate of drug-likeness (QED) is 0.720. The molecule has 146 valence electrons. The minimum Gasteiger partial charge on any atom is -0.350 e. The smallest absolute Gasteiger partial charge is 0.270 e. The first kappa shape index (κ1) is 17.7. The number of carbonyl (C=O) groups is 1. The zero-order chi connectivity index (χ0) is 19.3. The lowest BCUT2D eigenvalue weighted by molar-refractivity contribution is 0.0700. The summed E-state index contributed by atoms with van der Waals surface area (Å²) < 4.78 is 2.22. The largest absolute Gasteiger partial charge is 0.350 e. The second-order valence-electron chi connectivity index (χ2n) is 7.87. The fraction of sp³-hybridized carbons (Fsp3) is 0.450. The Morgan fingerprint density at radius 1 is 1.21 bits per heavy atom. The van der Waals surface area contributed by atoms with Crippen molar-refractivity contribution >= 4 is 28.4 Å². The molecule has 1 fully saturated rings. The lowest BCUT2D eigenvalue weighted by atomic mass is 9.97. The summed E-state index contributed by atoms with van der Waals surface area (Å²) in [5.41, 5.74) is 1.46. The lowest BCUT2D eigenvalue weighted by Crippen LogP contribution is -2.39. The number of piperidine rings is 1. The predicted molar refractivity (Wildman–Crippen MR) is 108 cm³/mol. The molecule has 1 saturated heterocycles. The van der Waals surface area contributed by atoms with Gasteiger partial charge in [0.2, 0.25) is 0 Å². The van der Waals surface area contributed by atoms with Gasteiger partial charge in [0.25, 0.3) is 5.91 Å². The summed E-state index contributed by atoms with van der Waals surface area (Å²) in [6.07, 6.45) is 2.35. The average Bonchev–Trinajstić information content (AvgIpc) is 3.30.